The molecule has 1 aromatic carbocycles. The molecule has 0 bridgehead atoms. The Morgan fingerprint density at radius 1 is 1.29 bits per heavy atom. The van der Waals surface area contributed by atoms with Crippen molar-refractivity contribution in [2.45, 2.75) is 18.9 Å². The van der Waals surface area contributed by atoms with Crippen LogP contribution >= 0.6 is 11.6 Å². The van der Waals surface area contributed by atoms with E-state index in [1.165, 1.54) is 4.90 Å². The fourth-order valence-electron chi connectivity index (χ4n) is 2.18. The van der Waals surface area contributed by atoms with Gasteiger partial charge in [-0.25, -0.2) is 4.79 Å². The summed E-state index contributed by atoms with van der Waals surface area (Å²) in [7, 11) is 0. The number of carbonyl (C=O) groups excluding carboxylic acids is 1. The van der Waals surface area contributed by atoms with Crippen LogP contribution < -0.4 is 0 Å². The van der Waals surface area contributed by atoms with Crippen LogP contribution in [-0.2, 0) is 0 Å². The molecule has 1 fully saturated rings. The maximum atomic E-state index is 11.0. The van der Waals surface area contributed by atoms with E-state index in [9.17, 15) is 9.59 Å². The molecular formula is C12H12ClNO3. The minimum atomic E-state index is -0.898. The summed E-state index contributed by atoms with van der Waals surface area (Å²) in [5.74, 6) is 0. The summed E-state index contributed by atoms with van der Waals surface area (Å²) in [4.78, 5) is 23.4. The zero-order valence-electron chi connectivity index (χ0n) is 9.10. The van der Waals surface area contributed by atoms with Gasteiger partial charge in [-0.2, -0.15) is 0 Å². The second-order valence-electron chi connectivity index (χ2n) is 4.03. The summed E-state index contributed by atoms with van der Waals surface area (Å²) in [6, 6.07) is 6.68. The number of hydrogen-bond donors (Lipinski definition) is 1. The first kappa shape index (κ1) is 11.9. The van der Waals surface area contributed by atoms with Gasteiger partial charge < -0.3 is 10.0 Å². The Kier molecular flexibility index (Phi) is 3.33. The first-order valence-corrected chi connectivity index (χ1v) is 5.77. The molecule has 1 aromatic rings. The van der Waals surface area contributed by atoms with Crippen LogP contribution in [0, 0.1) is 0 Å². The average Bonchev–Trinajstić information content (AvgIpc) is 2.78. The number of rotatable bonds is 2. The van der Waals surface area contributed by atoms with E-state index in [1.54, 1.807) is 24.3 Å². The highest BCUT2D eigenvalue weighted by molar-refractivity contribution is 6.67. The van der Waals surface area contributed by atoms with Crippen LogP contribution in [0.25, 0.3) is 0 Å². The number of halogens is 1. The third-order valence-corrected chi connectivity index (χ3v) is 3.24. The molecule has 1 aliphatic heterocycles. The fourth-order valence-corrected chi connectivity index (χ4v) is 2.30. The zero-order valence-corrected chi connectivity index (χ0v) is 9.85. The molecule has 1 N–H and O–H groups in total. The Labute approximate surface area is 104 Å². The lowest BCUT2D eigenvalue weighted by Crippen LogP contribution is -2.28. The minimum absolute atomic E-state index is 0.105. The average molecular weight is 254 g/mol. The molecule has 1 aliphatic rings. The van der Waals surface area contributed by atoms with Gasteiger partial charge >= 0.3 is 6.09 Å². The quantitative estimate of drug-likeness (QED) is 0.825. The maximum Gasteiger partial charge on any atom is 0.407 e. The van der Waals surface area contributed by atoms with Crippen LogP contribution in [0.4, 0.5) is 4.79 Å². The molecule has 1 unspecified atom stereocenters. The van der Waals surface area contributed by atoms with Crippen molar-refractivity contribution in [3.63, 3.8) is 0 Å². The summed E-state index contributed by atoms with van der Waals surface area (Å²) in [6.45, 7) is 0.566. The SMILES string of the molecule is O=C(Cl)c1ccc(C2CCCN2C(=O)O)cc1. The van der Waals surface area contributed by atoms with Crippen LogP contribution in [0.15, 0.2) is 24.3 Å². The largest absolute Gasteiger partial charge is 0.465 e. The topological polar surface area (TPSA) is 57.6 Å². The lowest BCUT2D eigenvalue weighted by molar-refractivity contribution is 0.108. The molecule has 1 atom stereocenters. The van der Waals surface area contributed by atoms with E-state index in [0.717, 1.165) is 18.4 Å². The van der Waals surface area contributed by atoms with Crippen LogP contribution in [-0.4, -0.2) is 27.9 Å². The molecule has 0 aromatic heterocycles. The summed E-state index contributed by atoms with van der Waals surface area (Å²) < 4.78 is 0. The lowest BCUT2D eigenvalue weighted by atomic mass is 10.0. The second-order valence-corrected chi connectivity index (χ2v) is 4.37. The van der Waals surface area contributed by atoms with Crippen molar-refractivity contribution in [1.29, 1.82) is 0 Å². The van der Waals surface area contributed by atoms with Gasteiger partial charge in [0.2, 0.25) is 0 Å². The van der Waals surface area contributed by atoms with Crippen molar-refractivity contribution in [2.24, 2.45) is 0 Å². The molecule has 1 amide bonds. The first-order valence-electron chi connectivity index (χ1n) is 5.39. The standard InChI is InChI=1S/C12H12ClNO3/c13-11(15)9-5-3-8(4-6-9)10-2-1-7-14(10)12(16)17/h3-6,10H,1-2,7H2,(H,16,17). The van der Waals surface area contributed by atoms with Gasteiger partial charge in [-0.1, -0.05) is 12.1 Å². The summed E-state index contributed by atoms with van der Waals surface area (Å²) in [6.07, 6.45) is 0.790. The van der Waals surface area contributed by atoms with Gasteiger partial charge in [-0.3, -0.25) is 4.79 Å². The van der Waals surface area contributed by atoms with Crippen molar-refractivity contribution in [1.82, 2.24) is 4.90 Å². The molecule has 1 saturated heterocycles. The van der Waals surface area contributed by atoms with Crippen molar-refractivity contribution in [2.75, 3.05) is 6.54 Å². The lowest BCUT2D eigenvalue weighted by Gasteiger charge is -2.21. The predicted octanol–water partition coefficient (Wildman–Crippen LogP) is 2.88. The van der Waals surface area contributed by atoms with Crippen molar-refractivity contribution >= 4 is 22.9 Å². The van der Waals surface area contributed by atoms with E-state index in [-0.39, 0.29) is 6.04 Å². The number of likely N-dealkylation sites (tertiary alicyclic amines) is 1. The Balaban J connectivity index is 2.22. The van der Waals surface area contributed by atoms with Crippen molar-refractivity contribution < 1.29 is 14.7 Å². The van der Waals surface area contributed by atoms with Gasteiger partial charge in [0.25, 0.3) is 5.24 Å². The van der Waals surface area contributed by atoms with Crippen LogP contribution in [0.5, 0.6) is 0 Å². The molecule has 17 heavy (non-hydrogen) atoms. The van der Waals surface area contributed by atoms with Gasteiger partial charge in [-0.05, 0) is 42.1 Å². The number of amides is 1. The fraction of sp³-hybridized carbons (Fsp3) is 0.333. The van der Waals surface area contributed by atoms with Crippen LogP contribution in [0.3, 0.4) is 0 Å². The molecule has 1 heterocycles. The molecule has 0 saturated carbocycles. The van der Waals surface area contributed by atoms with E-state index < -0.39 is 11.3 Å². The summed E-state index contributed by atoms with van der Waals surface area (Å²) in [5.41, 5.74) is 1.34. The molecule has 0 spiro atoms. The number of carbonyl (C=O) groups is 2. The Bertz CT molecular complexity index is 444. The second kappa shape index (κ2) is 4.75. The first-order chi connectivity index (χ1) is 8.09. The Hall–Kier alpha value is -1.55. The third-order valence-electron chi connectivity index (χ3n) is 3.02. The van der Waals surface area contributed by atoms with Crippen molar-refractivity contribution in [3.8, 4) is 0 Å². The monoisotopic (exact) mass is 253 g/mol. The highest BCUT2D eigenvalue weighted by atomic mass is 35.5. The molecule has 5 heteroatoms. The molecular weight excluding hydrogens is 242 g/mol. The highest BCUT2D eigenvalue weighted by Crippen LogP contribution is 2.31. The van der Waals surface area contributed by atoms with E-state index >= 15 is 0 Å². The van der Waals surface area contributed by atoms with Gasteiger partial charge in [0, 0.05) is 12.1 Å². The Morgan fingerprint density at radius 3 is 2.47 bits per heavy atom. The minimum Gasteiger partial charge on any atom is -0.465 e. The predicted molar refractivity (Wildman–Crippen MR) is 63.3 cm³/mol. The number of hydrogen-bond acceptors (Lipinski definition) is 2. The van der Waals surface area contributed by atoms with E-state index in [1.807, 2.05) is 0 Å². The summed E-state index contributed by atoms with van der Waals surface area (Å²) >= 11 is 5.35. The summed E-state index contributed by atoms with van der Waals surface area (Å²) in [5, 5.41) is 8.54. The maximum absolute atomic E-state index is 11.0. The molecule has 0 radical (unpaired) electrons. The number of carboxylic acid groups (broad SMARTS) is 1. The van der Waals surface area contributed by atoms with Gasteiger partial charge in [0.15, 0.2) is 0 Å². The molecule has 2 rings (SSSR count). The van der Waals surface area contributed by atoms with Gasteiger partial charge in [0.05, 0.1) is 6.04 Å². The van der Waals surface area contributed by atoms with Crippen LogP contribution in [0.1, 0.15) is 34.8 Å². The molecule has 0 aliphatic carbocycles. The van der Waals surface area contributed by atoms with Crippen LogP contribution in [0.2, 0.25) is 0 Å². The van der Waals surface area contributed by atoms with E-state index in [2.05, 4.69) is 0 Å². The smallest absolute Gasteiger partial charge is 0.407 e. The molecule has 4 nitrogen and oxygen atoms in total. The van der Waals surface area contributed by atoms with E-state index in [4.69, 9.17) is 16.7 Å². The van der Waals surface area contributed by atoms with E-state index in [0.29, 0.717) is 12.1 Å². The number of nitrogens with zero attached hydrogens (tertiary/aromatic N) is 1. The van der Waals surface area contributed by atoms with Gasteiger partial charge in [0.1, 0.15) is 0 Å². The Morgan fingerprint density at radius 2 is 1.94 bits per heavy atom. The highest BCUT2D eigenvalue weighted by Gasteiger charge is 2.29. The number of benzene rings is 1. The normalized spacial score (nSPS) is 19.4. The van der Waals surface area contributed by atoms with Gasteiger partial charge in [-0.15, -0.1) is 0 Å². The van der Waals surface area contributed by atoms with Crippen molar-refractivity contribution in [3.05, 3.63) is 35.4 Å². The zero-order chi connectivity index (χ0) is 12.4. The molecule has 90 valence electrons. The third kappa shape index (κ3) is 2.42.